The van der Waals surface area contributed by atoms with Crippen LogP contribution in [-0.4, -0.2) is 20.2 Å². The fraction of sp³-hybridized carbons (Fsp3) is 0.278. The Morgan fingerprint density at radius 3 is 2.61 bits per heavy atom. The molecule has 2 aromatic carbocycles. The Labute approximate surface area is 135 Å². The first-order valence-electron chi connectivity index (χ1n) is 7.89. The molecule has 23 heavy (non-hydrogen) atoms. The van der Waals surface area contributed by atoms with Gasteiger partial charge in [-0.2, -0.15) is 0 Å². The SMILES string of the molecule is Cc1ccc([C@H]2C[C@H](c3ccccc3C)n3nnnc3N2)cc1. The van der Waals surface area contributed by atoms with Crippen molar-refractivity contribution in [2.24, 2.45) is 0 Å². The van der Waals surface area contributed by atoms with E-state index in [-0.39, 0.29) is 12.1 Å². The Morgan fingerprint density at radius 1 is 1.04 bits per heavy atom. The van der Waals surface area contributed by atoms with Crippen LogP contribution in [0.3, 0.4) is 0 Å². The molecule has 0 unspecified atom stereocenters. The van der Waals surface area contributed by atoms with Gasteiger partial charge >= 0.3 is 0 Å². The normalized spacial score (nSPS) is 19.9. The van der Waals surface area contributed by atoms with Crippen molar-refractivity contribution < 1.29 is 0 Å². The first-order chi connectivity index (χ1) is 11.2. The number of fused-ring (bicyclic) bond motifs is 1. The molecule has 2 atom stereocenters. The van der Waals surface area contributed by atoms with Gasteiger partial charge in [0.25, 0.3) is 0 Å². The molecule has 0 bridgehead atoms. The van der Waals surface area contributed by atoms with Gasteiger partial charge in [-0.05, 0) is 47.4 Å². The van der Waals surface area contributed by atoms with Crippen LogP contribution in [0.25, 0.3) is 0 Å². The zero-order valence-corrected chi connectivity index (χ0v) is 13.3. The van der Waals surface area contributed by atoms with Crippen LogP contribution in [0.15, 0.2) is 48.5 Å². The average molecular weight is 305 g/mol. The zero-order chi connectivity index (χ0) is 15.8. The van der Waals surface area contributed by atoms with E-state index in [1.807, 2.05) is 4.68 Å². The molecule has 0 aliphatic carbocycles. The van der Waals surface area contributed by atoms with E-state index in [2.05, 4.69) is 83.2 Å². The van der Waals surface area contributed by atoms with Gasteiger partial charge in [-0.25, -0.2) is 4.68 Å². The number of aromatic nitrogens is 4. The van der Waals surface area contributed by atoms with Crippen molar-refractivity contribution in [3.63, 3.8) is 0 Å². The van der Waals surface area contributed by atoms with Crippen LogP contribution in [-0.2, 0) is 0 Å². The smallest absolute Gasteiger partial charge is 0.243 e. The third kappa shape index (κ3) is 2.48. The van der Waals surface area contributed by atoms with Crippen LogP contribution in [0, 0.1) is 13.8 Å². The van der Waals surface area contributed by atoms with E-state index < -0.39 is 0 Å². The van der Waals surface area contributed by atoms with Crippen molar-refractivity contribution in [3.8, 4) is 0 Å². The van der Waals surface area contributed by atoms with E-state index in [0.29, 0.717) is 0 Å². The number of benzene rings is 2. The highest BCUT2D eigenvalue weighted by Gasteiger charge is 2.31. The molecule has 0 saturated heterocycles. The highest BCUT2D eigenvalue weighted by molar-refractivity contribution is 5.39. The van der Waals surface area contributed by atoms with E-state index in [4.69, 9.17) is 0 Å². The number of nitrogens with one attached hydrogen (secondary N) is 1. The molecule has 1 aliphatic rings. The maximum atomic E-state index is 4.19. The Hall–Kier alpha value is -2.69. The van der Waals surface area contributed by atoms with Crippen molar-refractivity contribution in [3.05, 3.63) is 70.8 Å². The van der Waals surface area contributed by atoms with Crippen LogP contribution < -0.4 is 5.32 Å². The number of aryl methyl sites for hydroxylation is 2. The van der Waals surface area contributed by atoms with Gasteiger partial charge in [-0.1, -0.05) is 59.2 Å². The number of hydrogen-bond acceptors (Lipinski definition) is 4. The first-order valence-corrected chi connectivity index (χ1v) is 7.89. The molecule has 0 amide bonds. The van der Waals surface area contributed by atoms with Gasteiger partial charge in [-0.3, -0.25) is 0 Å². The van der Waals surface area contributed by atoms with Gasteiger partial charge in [-0.15, -0.1) is 0 Å². The molecule has 4 rings (SSSR count). The zero-order valence-electron chi connectivity index (χ0n) is 13.3. The largest absolute Gasteiger partial charge is 0.346 e. The Bertz CT molecular complexity index is 821. The number of tetrazole rings is 1. The molecule has 1 aliphatic heterocycles. The summed E-state index contributed by atoms with van der Waals surface area (Å²) in [7, 11) is 0. The van der Waals surface area contributed by atoms with E-state index >= 15 is 0 Å². The first kappa shape index (κ1) is 13.9. The van der Waals surface area contributed by atoms with Gasteiger partial charge < -0.3 is 5.32 Å². The monoisotopic (exact) mass is 305 g/mol. The second-order valence-electron chi connectivity index (χ2n) is 6.16. The molecule has 0 radical (unpaired) electrons. The van der Waals surface area contributed by atoms with Crippen LogP contribution in [0.2, 0.25) is 0 Å². The summed E-state index contributed by atoms with van der Waals surface area (Å²) in [6.07, 6.45) is 0.923. The minimum absolute atomic E-state index is 0.147. The fourth-order valence-electron chi connectivity index (χ4n) is 3.27. The number of hydrogen-bond donors (Lipinski definition) is 1. The maximum absolute atomic E-state index is 4.19. The molecule has 1 aromatic heterocycles. The van der Waals surface area contributed by atoms with Crippen molar-refractivity contribution in [2.75, 3.05) is 5.32 Å². The Kier molecular flexibility index (Phi) is 3.33. The molecular weight excluding hydrogens is 286 g/mol. The maximum Gasteiger partial charge on any atom is 0.243 e. The Balaban J connectivity index is 1.75. The lowest BCUT2D eigenvalue weighted by Crippen LogP contribution is -2.28. The average Bonchev–Trinajstić information content (AvgIpc) is 3.04. The molecule has 0 fully saturated rings. The summed E-state index contributed by atoms with van der Waals surface area (Å²) < 4.78 is 1.90. The van der Waals surface area contributed by atoms with Crippen molar-refractivity contribution in [1.82, 2.24) is 20.2 Å². The summed E-state index contributed by atoms with van der Waals surface area (Å²) in [4.78, 5) is 0. The molecule has 116 valence electrons. The Morgan fingerprint density at radius 2 is 1.83 bits per heavy atom. The minimum Gasteiger partial charge on any atom is -0.346 e. The predicted molar refractivity (Wildman–Crippen MR) is 89.3 cm³/mol. The summed E-state index contributed by atoms with van der Waals surface area (Å²) in [5, 5.41) is 15.6. The van der Waals surface area contributed by atoms with Crippen LogP contribution in [0.1, 0.15) is 40.8 Å². The third-order valence-corrected chi connectivity index (χ3v) is 4.58. The van der Waals surface area contributed by atoms with Gasteiger partial charge in [0.15, 0.2) is 0 Å². The van der Waals surface area contributed by atoms with E-state index in [9.17, 15) is 0 Å². The van der Waals surface area contributed by atoms with Gasteiger partial charge in [0.2, 0.25) is 5.95 Å². The second-order valence-corrected chi connectivity index (χ2v) is 6.16. The lowest BCUT2D eigenvalue weighted by atomic mass is 9.91. The highest BCUT2D eigenvalue weighted by atomic mass is 15.6. The number of rotatable bonds is 2. The van der Waals surface area contributed by atoms with Crippen LogP contribution >= 0.6 is 0 Å². The molecule has 0 spiro atoms. The number of nitrogens with zero attached hydrogens (tertiary/aromatic N) is 4. The molecule has 5 nitrogen and oxygen atoms in total. The summed E-state index contributed by atoms with van der Waals surface area (Å²) in [5.74, 6) is 0.732. The molecule has 0 saturated carbocycles. The second kappa shape index (κ2) is 5.50. The predicted octanol–water partition coefficient (Wildman–Crippen LogP) is 3.44. The molecule has 3 aromatic rings. The standard InChI is InChI=1S/C18H19N5/c1-12-7-9-14(10-8-12)16-11-17(15-6-4-3-5-13(15)2)23-18(19-16)20-21-22-23/h3-10,16-17H,11H2,1-2H3,(H,19,20,22)/t16-,17-/m1/s1. The molecular formula is C18H19N5. The third-order valence-electron chi connectivity index (χ3n) is 4.58. The quantitative estimate of drug-likeness (QED) is 0.788. The molecule has 1 N–H and O–H groups in total. The van der Waals surface area contributed by atoms with Gasteiger partial charge in [0.05, 0.1) is 12.1 Å². The summed E-state index contributed by atoms with van der Waals surface area (Å²) >= 11 is 0. The van der Waals surface area contributed by atoms with Crippen molar-refractivity contribution in [2.45, 2.75) is 32.4 Å². The van der Waals surface area contributed by atoms with Gasteiger partial charge in [0, 0.05) is 0 Å². The molecule has 2 heterocycles. The lowest BCUT2D eigenvalue weighted by molar-refractivity contribution is 0.422. The molecule has 5 heteroatoms. The van der Waals surface area contributed by atoms with E-state index in [0.717, 1.165) is 12.4 Å². The van der Waals surface area contributed by atoms with E-state index in [1.54, 1.807) is 0 Å². The lowest BCUT2D eigenvalue weighted by Gasteiger charge is -2.31. The van der Waals surface area contributed by atoms with Crippen LogP contribution in [0.4, 0.5) is 5.95 Å². The van der Waals surface area contributed by atoms with E-state index in [1.165, 1.54) is 22.3 Å². The summed E-state index contributed by atoms with van der Waals surface area (Å²) in [6, 6.07) is 17.5. The number of anilines is 1. The summed E-state index contributed by atoms with van der Waals surface area (Å²) in [5.41, 5.74) is 5.08. The fourth-order valence-corrected chi connectivity index (χ4v) is 3.27. The van der Waals surface area contributed by atoms with Crippen LogP contribution in [0.5, 0.6) is 0 Å². The highest BCUT2D eigenvalue weighted by Crippen LogP contribution is 2.37. The minimum atomic E-state index is 0.147. The van der Waals surface area contributed by atoms with Gasteiger partial charge in [0.1, 0.15) is 0 Å². The van der Waals surface area contributed by atoms with Crippen molar-refractivity contribution >= 4 is 5.95 Å². The summed E-state index contributed by atoms with van der Waals surface area (Å²) in [6.45, 7) is 4.25. The van der Waals surface area contributed by atoms with Crippen molar-refractivity contribution in [1.29, 1.82) is 0 Å². The topological polar surface area (TPSA) is 55.6 Å².